The molecule has 2 aromatic rings. The molecule has 0 saturated carbocycles. The summed E-state index contributed by atoms with van der Waals surface area (Å²) >= 11 is 0. The number of aryl methyl sites for hydroxylation is 3. The number of amides is 1. The first-order chi connectivity index (χ1) is 14.1. The van der Waals surface area contributed by atoms with E-state index >= 15 is 0 Å². The van der Waals surface area contributed by atoms with Gasteiger partial charge in [0.1, 0.15) is 38.5 Å². The minimum absolute atomic E-state index is 0.127. The van der Waals surface area contributed by atoms with Crippen molar-refractivity contribution in [3.05, 3.63) is 58.7 Å². The minimum Gasteiger partial charge on any atom is -0.496 e. The van der Waals surface area contributed by atoms with Gasteiger partial charge >= 0.3 is 0 Å². The van der Waals surface area contributed by atoms with Crippen LogP contribution >= 0.6 is 0 Å². The second-order valence-corrected chi connectivity index (χ2v) is 8.55. The maximum Gasteiger partial charge on any atom is 0.279 e. The van der Waals surface area contributed by atoms with E-state index in [1.165, 1.54) is 40.0 Å². The number of hydrogen-bond acceptors (Lipinski definition) is 2. The standard InChI is InChI=1S/C24H31N3O2/c1-18-6-9-23(29-2)21(14-18)16-26-10-12-27(13-11-26)17-24(28)25-22-8-7-19-4-3-5-20(19)15-22/h6-9,14-15H,3-5,10-13,16-17H2,1-2H3,(H,25,28)/p+2. The van der Waals surface area contributed by atoms with Gasteiger partial charge in [-0.25, -0.2) is 0 Å². The third kappa shape index (κ3) is 4.98. The molecular formula is C24H33N3O2+2. The van der Waals surface area contributed by atoms with Crippen molar-refractivity contribution >= 4 is 11.6 Å². The van der Waals surface area contributed by atoms with Gasteiger partial charge < -0.3 is 19.9 Å². The summed E-state index contributed by atoms with van der Waals surface area (Å²) in [7, 11) is 1.74. The van der Waals surface area contributed by atoms with Crippen LogP contribution in [-0.2, 0) is 24.2 Å². The molecule has 5 nitrogen and oxygen atoms in total. The number of methoxy groups -OCH3 is 1. The predicted octanol–water partition coefficient (Wildman–Crippen LogP) is 0.414. The number of rotatable bonds is 6. The molecule has 0 spiro atoms. The number of anilines is 1. The molecule has 3 N–H and O–H groups in total. The van der Waals surface area contributed by atoms with Gasteiger partial charge in [0.05, 0.1) is 7.11 Å². The second kappa shape index (κ2) is 8.97. The summed E-state index contributed by atoms with van der Waals surface area (Å²) in [6.45, 7) is 7.89. The Labute approximate surface area is 173 Å². The molecule has 0 bridgehead atoms. The van der Waals surface area contributed by atoms with Crippen LogP contribution in [0.25, 0.3) is 0 Å². The average molecular weight is 396 g/mol. The van der Waals surface area contributed by atoms with Crippen LogP contribution in [0.5, 0.6) is 5.75 Å². The van der Waals surface area contributed by atoms with Crippen LogP contribution in [0, 0.1) is 6.92 Å². The van der Waals surface area contributed by atoms with Crippen molar-refractivity contribution in [2.75, 3.05) is 45.2 Å². The number of nitrogens with one attached hydrogen (secondary N) is 3. The zero-order valence-electron chi connectivity index (χ0n) is 17.6. The predicted molar refractivity (Wildman–Crippen MR) is 115 cm³/mol. The number of hydrogen-bond donors (Lipinski definition) is 3. The molecule has 1 amide bonds. The Kier molecular flexibility index (Phi) is 6.16. The van der Waals surface area contributed by atoms with Crippen molar-refractivity contribution in [1.29, 1.82) is 0 Å². The van der Waals surface area contributed by atoms with Crippen LogP contribution in [-0.4, -0.2) is 45.7 Å². The van der Waals surface area contributed by atoms with Gasteiger partial charge in [0, 0.05) is 11.3 Å². The van der Waals surface area contributed by atoms with E-state index in [9.17, 15) is 4.79 Å². The summed E-state index contributed by atoms with van der Waals surface area (Å²) in [5.41, 5.74) is 6.34. The van der Waals surface area contributed by atoms with E-state index in [0.717, 1.165) is 50.6 Å². The zero-order chi connectivity index (χ0) is 20.2. The first kappa shape index (κ1) is 19.9. The van der Waals surface area contributed by atoms with E-state index in [1.54, 1.807) is 12.0 Å². The van der Waals surface area contributed by atoms with Crippen molar-refractivity contribution < 1.29 is 19.3 Å². The van der Waals surface area contributed by atoms with Crippen LogP contribution in [0.3, 0.4) is 0 Å². The lowest BCUT2D eigenvalue weighted by Gasteiger charge is -2.29. The van der Waals surface area contributed by atoms with Crippen molar-refractivity contribution in [3.8, 4) is 5.75 Å². The molecule has 1 heterocycles. The third-order valence-corrected chi connectivity index (χ3v) is 6.33. The highest BCUT2D eigenvalue weighted by molar-refractivity contribution is 5.91. The molecule has 1 aliphatic heterocycles. The fraction of sp³-hybridized carbons (Fsp3) is 0.458. The fourth-order valence-corrected chi connectivity index (χ4v) is 4.71. The number of carbonyl (C=O) groups is 1. The Morgan fingerprint density at radius 1 is 1.00 bits per heavy atom. The molecule has 0 radical (unpaired) electrons. The maximum absolute atomic E-state index is 12.5. The van der Waals surface area contributed by atoms with Gasteiger partial charge in [-0.3, -0.25) is 4.79 Å². The molecule has 1 aliphatic carbocycles. The quantitative estimate of drug-likeness (QED) is 0.664. The molecule has 0 aromatic heterocycles. The summed E-state index contributed by atoms with van der Waals surface area (Å²) in [4.78, 5) is 15.5. The topological polar surface area (TPSA) is 47.2 Å². The number of quaternary nitrogens is 2. The van der Waals surface area contributed by atoms with E-state index in [-0.39, 0.29) is 5.91 Å². The molecule has 2 aliphatic rings. The summed E-state index contributed by atoms with van der Waals surface area (Å²) in [6.07, 6.45) is 3.55. The summed E-state index contributed by atoms with van der Waals surface area (Å²) in [6, 6.07) is 12.8. The van der Waals surface area contributed by atoms with Gasteiger partial charge in [-0.05, 0) is 61.6 Å². The zero-order valence-corrected chi connectivity index (χ0v) is 17.6. The van der Waals surface area contributed by atoms with Crippen LogP contribution < -0.4 is 19.9 Å². The number of ether oxygens (including phenoxy) is 1. The van der Waals surface area contributed by atoms with Gasteiger partial charge in [0.15, 0.2) is 6.54 Å². The second-order valence-electron chi connectivity index (χ2n) is 8.55. The monoisotopic (exact) mass is 395 g/mol. The van der Waals surface area contributed by atoms with Crippen LogP contribution in [0.4, 0.5) is 5.69 Å². The molecule has 29 heavy (non-hydrogen) atoms. The largest absolute Gasteiger partial charge is 0.496 e. The van der Waals surface area contributed by atoms with Gasteiger partial charge in [0.25, 0.3) is 5.91 Å². The lowest BCUT2D eigenvalue weighted by atomic mass is 10.1. The molecule has 4 rings (SSSR count). The number of carbonyl (C=O) groups excluding carboxylic acids is 1. The third-order valence-electron chi connectivity index (χ3n) is 6.33. The van der Waals surface area contributed by atoms with E-state index in [2.05, 4.69) is 48.6 Å². The first-order valence-electron chi connectivity index (χ1n) is 10.8. The Morgan fingerprint density at radius 3 is 2.55 bits per heavy atom. The Balaban J connectivity index is 1.25. The van der Waals surface area contributed by atoms with E-state index < -0.39 is 0 Å². The first-order valence-corrected chi connectivity index (χ1v) is 10.8. The molecule has 5 heteroatoms. The number of fused-ring (bicyclic) bond motifs is 1. The Morgan fingerprint density at radius 2 is 1.76 bits per heavy atom. The maximum atomic E-state index is 12.5. The lowest BCUT2D eigenvalue weighted by molar-refractivity contribution is -1.02. The summed E-state index contributed by atoms with van der Waals surface area (Å²) in [5, 5.41) is 3.11. The van der Waals surface area contributed by atoms with Gasteiger partial charge in [-0.2, -0.15) is 0 Å². The van der Waals surface area contributed by atoms with Crippen LogP contribution in [0.1, 0.15) is 28.7 Å². The SMILES string of the molecule is COc1ccc(C)cc1C[NH+]1CC[NH+](CC(=O)Nc2ccc3c(c2)CCC3)CC1. The highest BCUT2D eigenvalue weighted by Crippen LogP contribution is 2.24. The highest BCUT2D eigenvalue weighted by atomic mass is 16.5. The smallest absolute Gasteiger partial charge is 0.279 e. The highest BCUT2D eigenvalue weighted by Gasteiger charge is 2.26. The van der Waals surface area contributed by atoms with Crippen molar-refractivity contribution in [1.82, 2.24) is 0 Å². The van der Waals surface area contributed by atoms with Gasteiger partial charge in [-0.15, -0.1) is 0 Å². The van der Waals surface area contributed by atoms with Crippen molar-refractivity contribution in [2.45, 2.75) is 32.7 Å². The number of benzene rings is 2. The van der Waals surface area contributed by atoms with Gasteiger partial charge in [-0.1, -0.05) is 17.7 Å². The van der Waals surface area contributed by atoms with Crippen molar-refractivity contribution in [2.24, 2.45) is 0 Å². The molecule has 0 unspecified atom stereocenters. The molecular weight excluding hydrogens is 362 g/mol. The molecule has 1 saturated heterocycles. The Hall–Kier alpha value is -2.37. The molecule has 1 fully saturated rings. The summed E-state index contributed by atoms with van der Waals surface area (Å²) < 4.78 is 5.53. The normalized spacial score (nSPS) is 20.9. The molecule has 2 aromatic carbocycles. The minimum atomic E-state index is 0.127. The molecule has 0 atom stereocenters. The van der Waals surface area contributed by atoms with Crippen molar-refractivity contribution in [3.63, 3.8) is 0 Å². The number of piperazine rings is 1. The van der Waals surface area contributed by atoms with Crippen LogP contribution in [0.15, 0.2) is 36.4 Å². The van der Waals surface area contributed by atoms with Gasteiger partial charge in [0.2, 0.25) is 0 Å². The lowest BCUT2D eigenvalue weighted by Crippen LogP contribution is -3.28. The average Bonchev–Trinajstić information content (AvgIpc) is 3.17. The van der Waals surface area contributed by atoms with E-state index in [1.807, 2.05) is 0 Å². The van der Waals surface area contributed by atoms with Crippen LogP contribution in [0.2, 0.25) is 0 Å². The molecule has 154 valence electrons. The summed E-state index contributed by atoms with van der Waals surface area (Å²) in [5.74, 6) is 1.10. The Bertz CT molecular complexity index is 872. The fourth-order valence-electron chi connectivity index (χ4n) is 4.71. The van der Waals surface area contributed by atoms with E-state index in [4.69, 9.17) is 4.74 Å². The van der Waals surface area contributed by atoms with E-state index in [0.29, 0.717) is 6.54 Å².